The molecule has 0 atom stereocenters. The first-order chi connectivity index (χ1) is 8.58. The summed E-state index contributed by atoms with van der Waals surface area (Å²) in [6.07, 6.45) is 1.60. The highest BCUT2D eigenvalue weighted by molar-refractivity contribution is 5.60. The fourth-order valence-corrected chi connectivity index (χ4v) is 1.82. The average molecular weight is 246 g/mol. The molecule has 0 aliphatic heterocycles. The topological polar surface area (TPSA) is 68.3 Å². The zero-order valence-corrected chi connectivity index (χ0v) is 10.3. The molecule has 2 aromatic rings. The molecule has 0 saturated heterocycles. The largest absolute Gasteiger partial charge is 0.467 e. The molecule has 2 rings (SSSR count). The first-order valence-corrected chi connectivity index (χ1v) is 5.60. The monoisotopic (exact) mass is 246 g/mol. The van der Waals surface area contributed by atoms with E-state index >= 15 is 0 Å². The molecular formula is C13H14N2O3. The number of anilines is 1. The Morgan fingerprint density at radius 2 is 2.11 bits per heavy atom. The number of hydrogen-bond acceptors (Lipinski definition) is 4. The Bertz CT molecular complexity index is 562. The van der Waals surface area contributed by atoms with Gasteiger partial charge in [0.1, 0.15) is 5.76 Å². The number of rotatable bonds is 4. The maximum Gasteiger partial charge on any atom is 0.274 e. The van der Waals surface area contributed by atoms with E-state index in [2.05, 4.69) is 5.32 Å². The van der Waals surface area contributed by atoms with Crippen LogP contribution in [0.2, 0.25) is 0 Å². The van der Waals surface area contributed by atoms with Gasteiger partial charge in [0.25, 0.3) is 5.69 Å². The highest BCUT2D eigenvalue weighted by atomic mass is 16.6. The molecule has 0 radical (unpaired) electrons. The number of hydrogen-bond donors (Lipinski definition) is 1. The van der Waals surface area contributed by atoms with Crippen molar-refractivity contribution in [3.8, 4) is 0 Å². The molecule has 0 aliphatic rings. The van der Waals surface area contributed by atoms with Gasteiger partial charge in [0.15, 0.2) is 0 Å². The summed E-state index contributed by atoms with van der Waals surface area (Å²) in [5, 5.41) is 14.0. The Labute approximate surface area is 105 Å². The molecule has 0 spiro atoms. The molecule has 0 aliphatic carbocycles. The normalized spacial score (nSPS) is 10.3. The SMILES string of the molecule is Cc1cc(C)c([N+](=O)[O-])cc1NCc1ccco1. The van der Waals surface area contributed by atoms with E-state index in [1.54, 1.807) is 19.3 Å². The second kappa shape index (κ2) is 4.91. The lowest BCUT2D eigenvalue weighted by atomic mass is 10.1. The summed E-state index contributed by atoms with van der Waals surface area (Å²) in [7, 11) is 0. The maximum atomic E-state index is 10.9. The first-order valence-electron chi connectivity index (χ1n) is 5.60. The van der Waals surface area contributed by atoms with Crippen molar-refractivity contribution in [2.45, 2.75) is 20.4 Å². The third kappa shape index (κ3) is 2.51. The number of benzene rings is 1. The molecule has 18 heavy (non-hydrogen) atoms. The van der Waals surface area contributed by atoms with Gasteiger partial charge in [0.05, 0.1) is 17.7 Å². The summed E-state index contributed by atoms with van der Waals surface area (Å²) in [5.74, 6) is 0.789. The lowest BCUT2D eigenvalue weighted by Gasteiger charge is -2.09. The van der Waals surface area contributed by atoms with E-state index in [1.165, 1.54) is 0 Å². The van der Waals surface area contributed by atoms with Crippen LogP contribution in [-0.4, -0.2) is 4.92 Å². The number of nitrogens with one attached hydrogen (secondary N) is 1. The van der Waals surface area contributed by atoms with E-state index in [0.29, 0.717) is 12.1 Å². The van der Waals surface area contributed by atoms with Crippen LogP contribution in [0.3, 0.4) is 0 Å². The molecule has 0 saturated carbocycles. The van der Waals surface area contributed by atoms with Crippen molar-refractivity contribution in [2.75, 3.05) is 5.32 Å². The lowest BCUT2D eigenvalue weighted by molar-refractivity contribution is -0.385. The van der Waals surface area contributed by atoms with Gasteiger partial charge in [-0.1, -0.05) is 0 Å². The third-order valence-electron chi connectivity index (χ3n) is 2.77. The Balaban J connectivity index is 2.22. The summed E-state index contributed by atoms with van der Waals surface area (Å²) >= 11 is 0. The van der Waals surface area contributed by atoms with E-state index < -0.39 is 0 Å². The van der Waals surface area contributed by atoms with Crippen molar-refractivity contribution in [3.63, 3.8) is 0 Å². The summed E-state index contributed by atoms with van der Waals surface area (Å²) in [6.45, 7) is 4.16. The summed E-state index contributed by atoms with van der Waals surface area (Å²) in [5.41, 5.74) is 2.52. The van der Waals surface area contributed by atoms with Gasteiger partial charge >= 0.3 is 0 Å². The minimum absolute atomic E-state index is 0.127. The Morgan fingerprint density at radius 1 is 1.33 bits per heavy atom. The molecule has 1 heterocycles. The minimum Gasteiger partial charge on any atom is -0.467 e. The van der Waals surface area contributed by atoms with Gasteiger partial charge in [-0.2, -0.15) is 0 Å². The van der Waals surface area contributed by atoms with Crippen LogP contribution in [0, 0.1) is 24.0 Å². The van der Waals surface area contributed by atoms with Gasteiger partial charge in [0.2, 0.25) is 0 Å². The van der Waals surface area contributed by atoms with Crippen LogP contribution in [0.15, 0.2) is 34.9 Å². The van der Waals surface area contributed by atoms with Crippen LogP contribution in [0.1, 0.15) is 16.9 Å². The van der Waals surface area contributed by atoms with Gasteiger partial charge in [-0.25, -0.2) is 0 Å². The van der Waals surface area contributed by atoms with E-state index in [-0.39, 0.29) is 10.6 Å². The van der Waals surface area contributed by atoms with Gasteiger partial charge in [-0.05, 0) is 37.6 Å². The average Bonchev–Trinajstić information content (AvgIpc) is 2.80. The molecule has 1 N–H and O–H groups in total. The minimum atomic E-state index is -0.368. The van der Waals surface area contributed by atoms with Gasteiger partial charge in [-0.15, -0.1) is 0 Å². The maximum absolute atomic E-state index is 10.9. The predicted octanol–water partition coefficient (Wildman–Crippen LogP) is 3.42. The van der Waals surface area contributed by atoms with Crippen LogP contribution in [0.5, 0.6) is 0 Å². The summed E-state index contributed by atoms with van der Waals surface area (Å²) < 4.78 is 5.20. The molecule has 0 fully saturated rings. The number of nitro groups is 1. The Kier molecular flexibility index (Phi) is 3.32. The predicted molar refractivity (Wildman–Crippen MR) is 68.6 cm³/mol. The first kappa shape index (κ1) is 12.2. The van der Waals surface area contributed by atoms with Crippen LogP contribution in [0.25, 0.3) is 0 Å². The molecular weight excluding hydrogens is 232 g/mol. The van der Waals surface area contributed by atoms with Crippen molar-refractivity contribution in [1.82, 2.24) is 0 Å². The second-order valence-corrected chi connectivity index (χ2v) is 4.14. The highest BCUT2D eigenvalue weighted by Gasteiger charge is 2.13. The van der Waals surface area contributed by atoms with Gasteiger partial charge < -0.3 is 9.73 Å². The van der Waals surface area contributed by atoms with E-state index in [0.717, 1.165) is 17.0 Å². The summed E-state index contributed by atoms with van der Waals surface area (Å²) in [6, 6.07) is 7.03. The van der Waals surface area contributed by atoms with E-state index in [9.17, 15) is 10.1 Å². The van der Waals surface area contributed by atoms with Gasteiger partial charge in [0, 0.05) is 17.3 Å². The number of furan rings is 1. The standard InChI is InChI=1S/C13H14N2O3/c1-9-6-10(2)13(15(16)17)7-12(9)14-8-11-4-3-5-18-11/h3-7,14H,8H2,1-2H3. The van der Waals surface area contributed by atoms with Gasteiger partial charge in [-0.3, -0.25) is 10.1 Å². The molecule has 0 bridgehead atoms. The van der Waals surface area contributed by atoms with Crippen LogP contribution < -0.4 is 5.32 Å². The van der Waals surface area contributed by atoms with Crippen molar-refractivity contribution >= 4 is 11.4 Å². The van der Waals surface area contributed by atoms with Crippen LogP contribution in [-0.2, 0) is 6.54 Å². The van der Waals surface area contributed by atoms with Crippen molar-refractivity contribution in [1.29, 1.82) is 0 Å². The van der Waals surface area contributed by atoms with Crippen molar-refractivity contribution < 1.29 is 9.34 Å². The molecule has 0 amide bonds. The zero-order chi connectivity index (χ0) is 13.1. The third-order valence-corrected chi connectivity index (χ3v) is 2.77. The van der Waals surface area contributed by atoms with Crippen LogP contribution >= 0.6 is 0 Å². The fourth-order valence-electron chi connectivity index (χ4n) is 1.82. The molecule has 1 aromatic heterocycles. The molecule has 94 valence electrons. The second-order valence-electron chi connectivity index (χ2n) is 4.14. The molecule has 5 heteroatoms. The zero-order valence-electron chi connectivity index (χ0n) is 10.3. The molecule has 1 aromatic carbocycles. The lowest BCUT2D eigenvalue weighted by Crippen LogP contribution is -2.02. The summed E-state index contributed by atoms with van der Waals surface area (Å²) in [4.78, 5) is 10.5. The number of nitro benzene ring substituents is 1. The van der Waals surface area contributed by atoms with Crippen LogP contribution in [0.4, 0.5) is 11.4 Å². The smallest absolute Gasteiger partial charge is 0.274 e. The molecule has 0 unspecified atom stereocenters. The number of aryl methyl sites for hydroxylation is 2. The quantitative estimate of drug-likeness (QED) is 0.663. The Hall–Kier alpha value is -2.30. The van der Waals surface area contributed by atoms with E-state index in [1.807, 2.05) is 25.1 Å². The van der Waals surface area contributed by atoms with E-state index in [4.69, 9.17) is 4.42 Å². The van der Waals surface area contributed by atoms with Crippen molar-refractivity contribution in [2.24, 2.45) is 0 Å². The Morgan fingerprint density at radius 3 is 2.72 bits per heavy atom. The van der Waals surface area contributed by atoms with Crippen molar-refractivity contribution in [3.05, 3.63) is 57.5 Å². The number of nitrogens with zero attached hydrogens (tertiary/aromatic N) is 1. The fraction of sp³-hybridized carbons (Fsp3) is 0.231. The highest BCUT2D eigenvalue weighted by Crippen LogP contribution is 2.26. The molecule has 5 nitrogen and oxygen atoms in total.